The average Bonchev–Trinajstić information content (AvgIpc) is 2.69. The highest BCUT2D eigenvalue weighted by Gasteiger charge is 2.30. The number of aryl methyl sites for hydroxylation is 1. The number of para-hydroxylation sites is 1. The van der Waals surface area contributed by atoms with Crippen molar-refractivity contribution in [2.75, 3.05) is 5.43 Å². The van der Waals surface area contributed by atoms with E-state index < -0.39 is 17.3 Å². The number of aromatic nitrogens is 4. The summed E-state index contributed by atoms with van der Waals surface area (Å²) in [5.41, 5.74) is 2.72. The molecule has 4 rings (SSSR count). The van der Waals surface area contributed by atoms with Gasteiger partial charge in [0.15, 0.2) is 5.65 Å². The van der Waals surface area contributed by atoms with Gasteiger partial charge in [0.05, 0.1) is 17.3 Å². The normalized spacial score (nSPS) is 12.1. The highest BCUT2D eigenvalue weighted by molar-refractivity contribution is 5.92. The minimum Gasteiger partial charge on any atom is -0.265 e. The molecule has 0 bridgehead atoms. The number of nitrogens with one attached hydrogen (secondary N) is 1. The van der Waals surface area contributed by atoms with E-state index in [-0.39, 0.29) is 17.2 Å². The van der Waals surface area contributed by atoms with Gasteiger partial charge in [0.25, 0.3) is 5.56 Å². The fourth-order valence-corrected chi connectivity index (χ4v) is 2.74. The molecule has 2 aromatic heterocycles. The van der Waals surface area contributed by atoms with Crippen LogP contribution in [0, 0.1) is 6.92 Å². The molecule has 2 aromatic carbocycles. The molecule has 0 aliphatic carbocycles. The van der Waals surface area contributed by atoms with Crippen LogP contribution in [0.4, 0.5) is 19.1 Å². The summed E-state index contributed by atoms with van der Waals surface area (Å²) >= 11 is 0. The van der Waals surface area contributed by atoms with E-state index >= 15 is 0 Å². The van der Waals surface area contributed by atoms with E-state index in [0.717, 1.165) is 12.1 Å². The molecule has 0 aliphatic rings. The van der Waals surface area contributed by atoms with Gasteiger partial charge in [-0.1, -0.05) is 24.3 Å². The first-order valence-electron chi connectivity index (χ1n) is 8.46. The van der Waals surface area contributed by atoms with Crippen molar-refractivity contribution in [2.45, 2.75) is 13.1 Å². The molecule has 4 aromatic rings. The van der Waals surface area contributed by atoms with Crippen molar-refractivity contribution in [3.8, 4) is 0 Å². The fraction of sp³-hybridized carbons (Fsp3) is 0.105. The van der Waals surface area contributed by atoms with Crippen LogP contribution < -0.4 is 11.0 Å². The van der Waals surface area contributed by atoms with Gasteiger partial charge in [-0.25, -0.2) is 10.4 Å². The smallest absolute Gasteiger partial charge is 0.265 e. The zero-order valence-electron chi connectivity index (χ0n) is 15.0. The van der Waals surface area contributed by atoms with Crippen LogP contribution in [-0.4, -0.2) is 25.8 Å². The van der Waals surface area contributed by atoms with Crippen molar-refractivity contribution >= 4 is 28.7 Å². The Morgan fingerprint density at radius 3 is 2.69 bits per heavy atom. The van der Waals surface area contributed by atoms with E-state index in [1.807, 2.05) is 0 Å². The van der Waals surface area contributed by atoms with Crippen molar-refractivity contribution in [2.24, 2.45) is 5.10 Å². The summed E-state index contributed by atoms with van der Waals surface area (Å²) in [6, 6.07) is 11.8. The lowest BCUT2D eigenvalue weighted by molar-refractivity contribution is -0.137. The molecule has 0 unspecified atom stereocenters. The zero-order chi connectivity index (χ0) is 20.6. The Balaban J connectivity index is 1.75. The Morgan fingerprint density at radius 2 is 1.90 bits per heavy atom. The molecular formula is C19H13F3N6O. The van der Waals surface area contributed by atoms with Gasteiger partial charge in [0, 0.05) is 5.39 Å². The minimum absolute atomic E-state index is 0.164. The summed E-state index contributed by atoms with van der Waals surface area (Å²) in [6.45, 7) is 1.52. The van der Waals surface area contributed by atoms with Crippen molar-refractivity contribution < 1.29 is 13.2 Å². The third-order valence-electron chi connectivity index (χ3n) is 4.13. The minimum atomic E-state index is -4.44. The molecule has 29 heavy (non-hydrogen) atoms. The number of anilines is 1. The van der Waals surface area contributed by atoms with Crippen molar-refractivity contribution in [1.82, 2.24) is 19.6 Å². The molecule has 0 fully saturated rings. The highest BCUT2D eigenvalue weighted by Crippen LogP contribution is 2.29. The largest absolute Gasteiger partial charge is 0.416 e. The van der Waals surface area contributed by atoms with Crippen LogP contribution in [-0.2, 0) is 6.18 Å². The maximum absolute atomic E-state index is 12.8. The topological polar surface area (TPSA) is 84.5 Å². The summed E-state index contributed by atoms with van der Waals surface area (Å²) in [5, 5.41) is 8.79. The molecule has 2 heterocycles. The van der Waals surface area contributed by atoms with Gasteiger partial charge in [0.1, 0.15) is 5.69 Å². The lowest BCUT2D eigenvalue weighted by Crippen LogP contribution is -2.18. The number of hydrogen-bond donors (Lipinski definition) is 1. The predicted octanol–water partition coefficient (Wildman–Crippen LogP) is 3.41. The molecule has 0 amide bonds. The molecule has 1 N–H and O–H groups in total. The Morgan fingerprint density at radius 1 is 1.10 bits per heavy atom. The number of hydrogen-bond acceptors (Lipinski definition) is 6. The van der Waals surface area contributed by atoms with Gasteiger partial charge in [-0.2, -0.15) is 32.9 Å². The average molecular weight is 398 g/mol. The first-order chi connectivity index (χ1) is 13.8. The Bertz CT molecular complexity index is 1310. The monoisotopic (exact) mass is 398 g/mol. The summed E-state index contributed by atoms with van der Waals surface area (Å²) in [6.07, 6.45) is -3.20. The highest BCUT2D eigenvalue weighted by atomic mass is 19.4. The first kappa shape index (κ1) is 18.5. The maximum atomic E-state index is 12.8. The Labute approximate surface area is 161 Å². The fourth-order valence-electron chi connectivity index (χ4n) is 2.74. The van der Waals surface area contributed by atoms with Crippen LogP contribution in [0.5, 0.6) is 0 Å². The molecule has 0 saturated carbocycles. The predicted molar refractivity (Wildman–Crippen MR) is 102 cm³/mol. The molecule has 0 spiro atoms. The lowest BCUT2D eigenvalue weighted by Gasteiger charge is -2.09. The van der Waals surface area contributed by atoms with Crippen molar-refractivity contribution in [1.29, 1.82) is 0 Å². The first-order valence-corrected chi connectivity index (χ1v) is 8.46. The molecular weight excluding hydrogens is 385 g/mol. The summed E-state index contributed by atoms with van der Waals surface area (Å²) in [4.78, 5) is 20.4. The van der Waals surface area contributed by atoms with E-state index in [1.54, 1.807) is 24.3 Å². The summed E-state index contributed by atoms with van der Waals surface area (Å²) < 4.78 is 39.8. The summed E-state index contributed by atoms with van der Waals surface area (Å²) in [5.74, 6) is 0.164. The number of fused-ring (bicyclic) bond motifs is 3. The molecule has 7 nitrogen and oxygen atoms in total. The second kappa shape index (κ2) is 6.97. The standard InChI is InChI=1S/C19H13F3N6O/c1-11-17(29)25-16-14-7-2-3-8-15(14)24-18(28(16)27-11)26-23-10-12-5-4-6-13(9-12)19(20,21)22/h2-10H,1H3,(H,24,26)/b23-10+. The lowest BCUT2D eigenvalue weighted by atomic mass is 10.1. The molecule has 0 radical (unpaired) electrons. The quantitative estimate of drug-likeness (QED) is 0.325. The molecule has 146 valence electrons. The van der Waals surface area contributed by atoms with Crippen LogP contribution in [0.1, 0.15) is 16.8 Å². The van der Waals surface area contributed by atoms with Gasteiger partial charge in [-0.3, -0.25) is 4.79 Å². The van der Waals surface area contributed by atoms with Crippen LogP contribution in [0.2, 0.25) is 0 Å². The number of halogens is 3. The Hall–Kier alpha value is -3.82. The SMILES string of the molecule is Cc1nn2c(N/N=C/c3cccc(C(F)(F)F)c3)nc3ccccc3c2nc1=O. The van der Waals surface area contributed by atoms with Gasteiger partial charge in [-0.15, -0.1) is 0 Å². The van der Waals surface area contributed by atoms with Crippen molar-refractivity contribution in [3.05, 3.63) is 75.7 Å². The second-order valence-corrected chi connectivity index (χ2v) is 6.18. The van der Waals surface area contributed by atoms with Crippen LogP contribution in [0.25, 0.3) is 16.6 Å². The molecule has 0 atom stereocenters. The zero-order valence-corrected chi connectivity index (χ0v) is 15.0. The van der Waals surface area contributed by atoms with Crippen LogP contribution in [0.15, 0.2) is 58.4 Å². The van der Waals surface area contributed by atoms with E-state index in [0.29, 0.717) is 16.6 Å². The van der Waals surface area contributed by atoms with E-state index in [2.05, 4.69) is 25.6 Å². The summed E-state index contributed by atoms with van der Waals surface area (Å²) in [7, 11) is 0. The van der Waals surface area contributed by atoms with E-state index in [4.69, 9.17) is 0 Å². The third-order valence-corrected chi connectivity index (χ3v) is 4.13. The third kappa shape index (κ3) is 3.64. The molecule has 10 heteroatoms. The Kier molecular flexibility index (Phi) is 4.45. The number of alkyl halides is 3. The van der Waals surface area contributed by atoms with Gasteiger partial charge >= 0.3 is 6.18 Å². The number of rotatable bonds is 3. The van der Waals surface area contributed by atoms with Gasteiger partial charge < -0.3 is 0 Å². The van der Waals surface area contributed by atoms with Crippen LogP contribution >= 0.6 is 0 Å². The van der Waals surface area contributed by atoms with Gasteiger partial charge in [-0.05, 0) is 36.8 Å². The van der Waals surface area contributed by atoms with Crippen LogP contribution in [0.3, 0.4) is 0 Å². The molecule has 0 aliphatic heterocycles. The van der Waals surface area contributed by atoms with Crippen molar-refractivity contribution in [3.63, 3.8) is 0 Å². The number of benzene rings is 2. The van der Waals surface area contributed by atoms with Gasteiger partial charge in [0.2, 0.25) is 5.95 Å². The molecule has 0 saturated heterocycles. The maximum Gasteiger partial charge on any atom is 0.416 e. The number of nitrogens with zero attached hydrogens (tertiary/aromatic N) is 5. The number of hydrazone groups is 1. The van der Waals surface area contributed by atoms with E-state index in [9.17, 15) is 18.0 Å². The van der Waals surface area contributed by atoms with E-state index in [1.165, 1.54) is 29.8 Å². The second-order valence-electron chi connectivity index (χ2n) is 6.18.